The fourth-order valence-electron chi connectivity index (χ4n) is 1.78. The van der Waals surface area contributed by atoms with Crippen molar-refractivity contribution in [2.75, 3.05) is 6.61 Å². The van der Waals surface area contributed by atoms with Gasteiger partial charge in [0.15, 0.2) is 0 Å². The fourth-order valence-corrected chi connectivity index (χ4v) is 1.78. The Kier molecular flexibility index (Phi) is 3.28. The van der Waals surface area contributed by atoms with E-state index in [1.54, 1.807) is 0 Å². The molecule has 0 aromatic carbocycles. The van der Waals surface area contributed by atoms with E-state index in [2.05, 4.69) is 12.2 Å². The molecule has 15 heavy (non-hydrogen) atoms. The highest BCUT2D eigenvalue weighted by Crippen LogP contribution is 2.45. The van der Waals surface area contributed by atoms with Crippen LogP contribution in [0.5, 0.6) is 0 Å². The minimum atomic E-state index is -0.470. The first-order chi connectivity index (χ1) is 6.79. The van der Waals surface area contributed by atoms with E-state index < -0.39 is 5.60 Å². The van der Waals surface area contributed by atoms with Gasteiger partial charge in [-0.05, 0) is 39.5 Å². The summed E-state index contributed by atoms with van der Waals surface area (Å²) in [5.74, 6) is 0.428. The summed E-state index contributed by atoms with van der Waals surface area (Å²) < 4.78 is 5.18. The Morgan fingerprint density at radius 2 is 2.13 bits per heavy atom. The highest BCUT2D eigenvalue weighted by molar-refractivity contribution is 5.69. The molecule has 0 bridgehead atoms. The number of carbonyl (C=O) groups excluding carboxylic acids is 1. The molecule has 1 aliphatic carbocycles. The zero-order valence-electron chi connectivity index (χ0n) is 9.96. The van der Waals surface area contributed by atoms with Crippen LogP contribution in [-0.4, -0.2) is 28.9 Å². The second-order valence-electron chi connectivity index (χ2n) is 5.36. The highest BCUT2D eigenvalue weighted by Gasteiger charge is 2.52. The maximum Gasteiger partial charge on any atom is 0.408 e. The molecule has 1 aliphatic rings. The van der Waals surface area contributed by atoms with E-state index in [1.165, 1.54) is 0 Å². The third kappa shape index (κ3) is 3.38. The van der Waals surface area contributed by atoms with Gasteiger partial charge in [0.05, 0.1) is 0 Å². The number of alkyl carbamates (subject to hydrolysis) is 1. The average molecular weight is 215 g/mol. The van der Waals surface area contributed by atoms with E-state index in [0.717, 1.165) is 6.42 Å². The van der Waals surface area contributed by atoms with Gasteiger partial charge in [0.1, 0.15) is 5.60 Å². The predicted molar refractivity (Wildman–Crippen MR) is 57.6 cm³/mol. The summed E-state index contributed by atoms with van der Waals surface area (Å²) in [5.41, 5.74) is -0.695. The average Bonchev–Trinajstić information content (AvgIpc) is 2.56. The van der Waals surface area contributed by atoms with Crippen molar-refractivity contribution in [2.45, 2.75) is 51.7 Å². The maximum absolute atomic E-state index is 11.5. The van der Waals surface area contributed by atoms with Gasteiger partial charge in [-0.3, -0.25) is 0 Å². The van der Waals surface area contributed by atoms with Gasteiger partial charge in [-0.2, -0.15) is 0 Å². The third-order valence-electron chi connectivity index (χ3n) is 2.76. The number of nitrogens with one attached hydrogen (secondary N) is 1. The van der Waals surface area contributed by atoms with Crippen molar-refractivity contribution in [3.8, 4) is 0 Å². The molecular weight excluding hydrogens is 194 g/mol. The minimum Gasteiger partial charge on any atom is -0.444 e. The van der Waals surface area contributed by atoms with Gasteiger partial charge < -0.3 is 15.2 Å². The van der Waals surface area contributed by atoms with Crippen LogP contribution < -0.4 is 5.32 Å². The summed E-state index contributed by atoms with van der Waals surface area (Å²) in [6.07, 6.45) is 1.14. The SMILES string of the molecule is CC1CC1(CCO)NC(=O)OC(C)(C)C. The van der Waals surface area contributed by atoms with Gasteiger partial charge in [0.25, 0.3) is 0 Å². The summed E-state index contributed by atoms with van der Waals surface area (Å²) in [5, 5.41) is 11.8. The zero-order valence-corrected chi connectivity index (χ0v) is 9.96. The number of aliphatic hydroxyl groups excluding tert-OH is 1. The van der Waals surface area contributed by atoms with Crippen LogP contribution in [0.25, 0.3) is 0 Å². The lowest BCUT2D eigenvalue weighted by Crippen LogP contribution is -2.42. The van der Waals surface area contributed by atoms with E-state index in [1.807, 2.05) is 20.8 Å². The van der Waals surface area contributed by atoms with Gasteiger partial charge in [-0.25, -0.2) is 4.79 Å². The summed E-state index contributed by atoms with van der Waals surface area (Å²) in [6.45, 7) is 7.66. The first-order valence-electron chi connectivity index (χ1n) is 5.41. The number of hydrogen-bond donors (Lipinski definition) is 2. The Morgan fingerprint density at radius 3 is 2.47 bits per heavy atom. The molecule has 1 rings (SSSR count). The van der Waals surface area contributed by atoms with Gasteiger partial charge >= 0.3 is 6.09 Å². The van der Waals surface area contributed by atoms with E-state index in [-0.39, 0.29) is 18.2 Å². The molecule has 4 nitrogen and oxygen atoms in total. The lowest BCUT2D eigenvalue weighted by Gasteiger charge is -2.23. The Labute approximate surface area is 91.0 Å². The van der Waals surface area contributed by atoms with Crippen molar-refractivity contribution in [3.05, 3.63) is 0 Å². The van der Waals surface area contributed by atoms with Crippen molar-refractivity contribution in [1.82, 2.24) is 5.32 Å². The summed E-state index contributed by atoms with van der Waals surface area (Å²) in [4.78, 5) is 11.5. The molecule has 0 saturated heterocycles. The summed E-state index contributed by atoms with van der Waals surface area (Å²) in [7, 11) is 0. The quantitative estimate of drug-likeness (QED) is 0.753. The molecule has 0 aliphatic heterocycles. The Bertz CT molecular complexity index is 247. The number of rotatable bonds is 3. The van der Waals surface area contributed by atoms with E-state index in [0.29, 0.717) is 12.3 Å². The van der Waals surface area contributed by atoms with Crippen LogP contribution in [0.2, 0.25) is 0 Å². The van der Waals surface area contributed by atoms with E-state index in [4.69, 9.17) is 9.84 Å². The van der Waals surface area contributed by atoms with Crippen molar-refractivity contribution in [3.63, 3.8) is 0 Å². The first-order valence-corrected chi connectivity index (χ1v) is 5.41. The smallest absolute Gasteiger partial charge is 0.408 e. The lowest BCUT2D eigenvalue weighted by atomic mass is 10.1. The molecule has 2 unspecified atom stereocenters. The van der Waals surface area contributed by atoms with Crippen LogP contribution in [0.4, 0.5) is 4.79 Å². The largest absolute Gasteiger partial charge is 0.444 e. The first kappa shape index (κ1) is 12.3. The molecule has 1 fully saturated rings. The van der Waals surface area contributed by atoms with Crippen LogP contribution in [0.3, 0.4) is 0 Å². The van der Waals surface area contributed by atoms with Gasteiger partial charge in [0.2, 0.25) is 0 Å². The van der Waals surface area contributed by atoms with Crippen molar-refractivity contribution >= 4 is 6.09 Å². The van der Waals surface area contributed by atoms with Gasteiger partial charge in [-0.15, -0.1) is 0 Å². The molecule has 0 heterocycles. The number of hydrogen-bond acceptors (Lipinski definition) is 3. The van der Waals surface area contributed by atoms with Crippen molar-refractivity contribution in [2.24, 2.45) is 5.92 Å². The Morgan fingerprint density at radius 1 is 1.60 bits per heavy atom. The van der Waals surface area contributed by atoms with Crippen LogP contribution in [0.1, 0.15) is 40.5 Å². The van der Waals surface area contributed by atoms with E-state index in [9.17, 15) is 4.79 Å². The third-order valence-corrected chi connectivity index (χ3v) is 2.76. The molecule has 0 aromatic heterocycles. The second-order valence-corrected chi connectivity index (χ2v) is 5.36. The molecule has 1 saturated carbocycles. The molecule has 2 atom stereocenters. The Hall–Kier alpha value is -0.770. The van der Waals surface area contributed by atoms with Gasteiger partial charge in [-0.1, -0.05) is 6.92 Å². The molecule has 88 valence electrons. The highest BCUT2D eigenvalue weighted by atomic mass is 16.6. The van der Waals surface area contributed by atoms with Crippen molar-refractivity contribution in [1.29, 1.82) is 0 Å². The number of carbonyl (C=O) groups is 1. The molecule has 2 N–H and O–H groups in total. The fraction of sp³-hybridized carbons (Fsp3) is 0.909. The minimum absolute atomic E-state index is 0.0974. The van der Waals surface area contributed by atoms with Crippen LogP contribution in [0, 0.1) is 5.92 Å². The maximum atomic E-state index is 11.5. The summed E-state index contributed by atoms with van der Waals surface area (Å²) in [6, 6.07) is 0. The van der Waals surface area contributed by atoms with E-state index >= 15 is 0 Å². The number of amides is 1. The molecule has 1 amide bonds. The Balaban J connectivity index is 2.44. The molecule has 0 aromatic rings. The van der Waals surface area contributed by atoms with Crippen LogP contribution in [-0.2, 0) is 4.74 Å². The number of ether oxygens (including phenoxy) is 1. The second kappa shape index (κ2) is 4.00. The monoisotopic (exact) mass is 215 g/mol. The number of aliphatic hydroxyl groups is 1. The lowest BCUT2D eigenvalue weighted by molar-refractivity contribution is 0.0482. The normalized spacial score (nSPS) is 29.8. The van der Waals surface area contributed by atoms with Crippen LogP contribution in [0.15, 0.2) is 0 Å². The predicted octanol–water partition coefficient (Wildman–Crippen LogP) is 1.67. The van der Waals surface area contributed by atoms with Gasteiger partial charge in [0, 0.05) is 12.1 Å². The zero-order chi connectivity index (χ0) is 11.7. The topological polar surface area (TPSA) is 58.6 Å². The molecular formula is C11H21NO3. The molecule has 0 spiro atoms. The summed E-state index contributed by atoms with van der Waals surface area (Å²) >= 11 is 0. The molecule has 4 heteroatoms. The van der Waals surface area contributed by atoms with Crippen LogP contribution >= 0.6 is 0 Å². The van der Waals surface area contributed by atoms with Crippen molar-refractivity contribution < 1.29 is 14.6 Å². The molecule has 0 radical (unpaired) electrons. The standard InChI is InChI=1S/C11H21NO3/c1-8-7-11(8,5-6-13)12-9(14)15-10(2,3)4/h8,13H,5-7H2,1-4H3,(H,12,14).